The maximum absolute atomic E-state index is 12.7. The fraction of sp³-hybridized carbons (Fsp3) is 0.375. The van der Waals surface area contributed by atoms with Crippen molar-refractivity contribution in [3.8, 4) is 11.1 Å². The predicted molar refractivity (Wildman–Crippen MR) is 118 cm³/mol. The van der Waals surface area contributed by atoms with Crippen LogP contribution in [0.2, 0.25) is 0 Å². The van der Waals surface area contributed by atoms with Crippen molar-refractivity contribution in [2.75, 3.05) is 6.61 Å². The molecule has 8 nitrogen and oxygen atoms in total. The van der Waals surface area contributed by atoms with Crippen LogP contribution in [-0.2, 0) is 14.3 Å². The number of aliphatic carboxylic acids is 1. The summed E-state index contributed by atoms with van der Waals surface area (Å²) in [5, 5.41) is 23.6. The summed E-state index contributed by atoms with van der Waals surface area (Å²) in [6, 6.07) is 14.4. The molecule has 1 aliphatic rings. The Morgan fingerprint density at radius 3 is 2.06 bits per heavy atom. The molecule has 2 aromatic rings. The standard InChI is InChI=1S/C24H28N2O6/c1-4-24(3,22(30)25-20(14(2)27)21(28)29)26-23(31)32-13-19-17-11-7-5-9-15(17)16-10-6-8-12-18(16)19/h5-12,14,19-20,27H,4,13H2,1-3H3,(H,25,30)(H,26,31)(H,28,29)/t14-,20+,24?/m1/s1. The van der Waals surface area contributed by atoms with Gasteiger partial charge < -0.3 is 25.6 Å². The summed E-state index contributed by atoms with van der Waals surface area (Å²) in [7, 11) is 0. The van der Waals surface area contributed by atoms with Crippen LogP contribution in [0, 0.1) is 0 Å². The highest BCUT2D eigenvalue weighted by atomic mass is 16.5. The zero-order chi connectivity index (χ0) is 23.5. The SMILES string of the molecule is CCC(C)(NC(=O)OCC1c2ccccc2-c2ccccc21)C(=O)N[C@H](C(=O)O)[C@@H](C)O. The van der Waals surface area contributed by atoms with E-state index in [4.69, 9.17) is 4.74 Å². The number of aliphatic hydroxyl groups is 1. The monoisotopic (exact) mass is 440 g/mol. The summed E-state index contributed by atoms with van der Waals surface area (Å²) < 4.78 is 5.49. The average molecular weight is 440 g/mol. The minimum absolute atomic E-state index is 0.0900. The van der Waals surface area contributed by atoms with Crippen LogP contribution in [0.25, 0.3) is 11.1 Å². The minimum atomic E-state index is -1.49. The molecule has 1 unspecified atom stereocenters. The number of carboxylic acids is 1. The Morgan fingerprint density at radius 2 is 1.59 bits per heavy atom. The quantitative estimate of drug-likeness (QED) is 0.500. The molecule has 2 aromatic carbocycles. The Morgan fingerprint density at radius 1 is 1.06 bits per heavy atom. The Labute approximate surface area is 186 Å². The summed E-state index contributed by atoms with van der Waals surface area (Å²) in [6.45, 7) is 4.51. The van der Waals surface area contributed by atoms with Gasteiger partial charge in [0.15, 0.2) is 6.04 Å². The van der Waals surface area contributed by atoms with Crippen molar-refractivity contribution >= 4 is 18.0 Å². The van der Waals surface area contributed by atoms with E-state index in [0.717, 1.165) is 22.3 Å². The van der Waals surface area contributed by atoms with Gasteiger partial charge in [0, 0.05) is 5.92 Å². The number of hydrogen-bond acceptors (Lipinski definition) is 5. The van der Waals surface area contributed by atoms with Crippen molar-refractivity contribution in [1.29, 1.82) is 0 Å². The Hall–Kier alpha value is -3.39. The second-order valence-electron chi connectivity index (χ2n) is 8.17. The van der Waals surface area contributed by atoms with Crippen LogP contribution in [0.5, 0.6) is 0 Å². The highest BCUT2D eigenvalue weighted by Gasteiger charge is 2.38. The molecule has 170 valence electrons. The number of aliphatic hydroxyl groups excluding tert-OH is 1. The molecule has 0 heterocycles. The molecule has 0 aliphatic heterocycles. The molecular formula is C24H28N2O6. The van der Waals surface area contributed by atoms with Crippen LogP contribution in [0.3, 0.4) is 0 Å². The van der Waals surface area contributed by atoms with Gasteiger partial charge in [0.2, 0.25) is 5.91 Å². The first-order chi connectivity index (χ1) is 15.2. The van der Waals surface area contributed by atoms with E-state index in [-0.39, 0.29) is 18.9 Å². The number of nitrogens with one attached hydrogen (secondary N) is 2. The lowest BCUT2D eigenvalue weighted by atomic mass is 9.97. The summed E-state index contributed by atoms with van der Waals surface area (Å²) in [4.78, 5) is 36.5. The van der Waals surface area contributed by atoms with Crippen LogP contribution in [-0.4, -0.2) is 52.5 Å². The molecule has 3 atom stereocenters. The molecule has 1 aliphatic carbocycles. The molecule has 0 saturated carbocycles. The first-order valence-electron chi connectivity index (χ1n) is 10.5. The Kier molecular flexibility index (Phi) is 6.84. The van der Waals surface area contributed by atoms with Gasteiger partial charge in [-0.1, -0.05) is 55.5 Å². The molecule has 2 amide bonds. The number of ether oxygens (including phenoxy) is 1. The second kappa shape index (κ2) is 9.40. The van der Waals surface area contributed by atoms with Crippen molar-refractivity contribution < 1.29 is 29.3 Å². The van der Waals surface area contributed by atoms with Gasteiger partial charge in [0.05, 0.1) is 6.10 Å². The van der Waals surface area contributed by atoms with Gasteiger partial charge in [-0.15, -0.1) is 0 Å². The predicted octanol–water partition coefficient (Wildman–Crippen LogP) is 2.64. The van der Waals surface area contributed by atoms with Gasteiger partial charge in [-0.3, -0.25) is 4.79 Å². The van der Waals surface area contributed by atoms with Crippen LogP contribution in [0.1, 0.15) is 44.2 Å². The van der Waals surface area contributed by atoms with Gasteiger partial charge in [0.1, 0.15) is 12.1 Å². The van der Waals surface area contributed by atoms with Crippen LogP contribution in [0.4, 0.5) is 4.79 Å². The van der Waals surface area contributed by atoms with Gasteiger partial charge in [-0.2, -0.15) is 0 Å². The van der Waals surface area contributed by atoms with Gasteiger partial charge in [-0.05, 0) is 42.5 Å². The van der Waals surface area contributed by atoms with E-state index in [2.05, 4.69) is 10.6 Å². The number of benzene rings is 2. The largest absolute Gasteiger partial charge is 0.480 e. The Balaban J connectivity index is 1.68. The van der Waals surface area contributed by atoms with Crippen molar-refractivity contribution in [2.24, 2.45) is 0 Å². The fourth-order valence-corrected chi connectivity index (χ4v) is 3.85. The summed E-state index contributed by atoms with van der Waals surface area (Å²) >= 11 is 0. The van der Waals surface area contributed by atoms with Crippen molar-refractivity contribution in [2.45, 2.75) is 50.8 Å². The molecule has 0 radical (unpaired) electrons. The molecule has 4 N–H and O–H groups in total. The molecule has 32 heavy (non-hydrogen) atoms. The third-order valence-electron chi connectivity index (χ3n) is 5.96. The molecule has 0 bridgehead atoms. The van der Waals surface area contributed by atoms with Crippen molar-refractivity contribution in [3.05, 3.63) is 59.7 Å². The second-order valence-corrected chi connectivity index (χ2v) is 8.17. The maximum atomic E-state index is 12.7. The Bertz CT molecular complexity index is 976. The third-order valence-corrected chi connectivity index (χ3v) is 5.96. The number of carbonyl (C=O) groups is 3. The van der Waals surface area contributed by atoms with E-state index in [0.29, 0.717) is 0 Å². The highest BCUT2D eigenvalue weighted by molar-refractivity contribution is 5.92. The molecule has 0 spiro atoms. The average Bonchev–Trinajstić information content (AvgIpc) is 3.09. The number of carboxylic acid groups (broad SMARTS) is 1. The lowest BCUT2D eigenvalue weighted by molar-refractivity contribution is -0.145. The zero-order valence-electron chi connectivity index (χ0n) is 18.3. The number of hydrogen-bond donors (Lipinski definition) is 4. The van der Waals surface area contributed by atoms with E-state index in [1.807, 2.05) is 48.5 Å². The summed E-state index contributed by atoms with van der Waals surface area (Å²) in [6.07, 6.45) is -1.89. The minimum Gasteiger partial charge on any atom is -0.480 e. The van der Waals surface area contributed by atoms with Crippen LogP contribution in [0.15, 0.2) is 48.5 Å². The molecule has 0 aromatic heterocycles. The number of alkyl carbamates (subject to hydrolysis) is 1. The molecule has 3 rings (SSSR count). The fourth-order valence-electron chi connectivity index (χ4n) is 3.85. The van der Waals surface area contributed by atoms with Crippen molar-refractivity contribution in [3.63, 3.8) is 0 Å². The molecular weight excluding hydrogens is 412 g/mol. The number of fused-ring (bicyclic) bond motifs is 3. The lowest BCUT2D eigenvalue weighted by Crippen LogP contribution is -2.61. The van der Waals surface area contributed by atoms with Gasteiger partial charge >= 0.3 is 12.1 Å². The van der Waals surface area contributed by atoms with Crippen LogP contribution < -0.4 is 10.6 Å². The first kappa shape index (κ1) is 23.3. The molecule has 0 saturated heterocycles. The highest BCUT2D eigenvalue weighted by Crippen LogP contribution is 2.44. The van der Waals surface area contributed by atoms with E-state index < -0.39 is 35.7 Å². The topological polar surface area (TPSA) is 125 Å². The van der Waals surface area contributed by atoms with Gasteiger partial charge in [-0.25, -0.2) is 9.59 Å². The molecule has 0 fully saturated rings. The van der Waals surface area contributed by atoms with Crippen molar-refractivity contribution in [1.82, 2.24) is 10.6 Å². The van der Waals surface area contributed by atoms with E-state index in [9.17, 15) is 24.6 Å². The number of rotatable bonds is 8. The number of amides is 2. The summed E-state index contributed by atoms with van der Waals surface area (Å²) in [5.74, 6) is -2.21. The van der Waals surface area contributed by atoms with E-state index in [1.54, 1.807) is 6.92 Å². The van der Waals surface area contributed by atoms with E-state index >= 15 is 0 Å². The first-order valence-corrected chi connectivity index (χ1v) is 10.5. The van der Waals surface area contributed by atoms with Crippen LogP contribution >= 0.6 is 0 Å². The molecule has 8 heteroatoms. The van der Waals surface area contributed by atoms with Gasteiger partial charge in [0.25, 0.3) is 0 Å². The summed E-state index contributed by atoms with van der Waals surface area (Å²) in [5.41, 5.74) is 2.93. The smallest absolute Gasteiger partial charge is 0.408 e. The maximum Gasteiger partial charge on any atom is 0.408 e. The normalized spacial score (nSPS) is 16.1. The van der Waals surface area contributed by atoms with E-state index in [1.165, 1.54) is 13.8 Å². The zero-order valence-corrected chi connectivity index (χ0v) is 18.3. The number of carbonyl (C=O) groups excluding carboxylic acids is 2. The lowest BCUT2D eigenvalue weighted by Gasteiger charge is -2.30. The third kappa shape index (κ3) is 4.60.